The number of nitrogens with zero attached hydrogens (tertiary/aromatic N) is 2. The van der Waals surface area contributed by atoms with Gasteiger partial charge in [-0.1, -0.05) is 12.1 Å². The zero-order valence-corrected chi connectivity index (χ0v) is 12.9. The van der Waals surface area contributed by atoms with Gasteiger partial charge >= 0.3 is 0 Å². The van der Waals surface area contributed by atoms with E-state index < -0.39 is 0 Å². The molecule has 0 radical (unpaired) electrons. The lowest BCUT2D eigenvalue weighted by Crippen LogP contribution is -2.43. The molecule has 1 fully saturated rings. The van der Waals surface area contributed by atoms with Crippen LogP contribution in [0, 0.1) is 0 Å². The average molecular weight is 318 g/mol. The first-order chi connectivity index (χ1) is 8.36. The molecule has 19 heavy (non-hydrogen) atoms. The van der Waals surface area contributed by atoms with E-state index in [2.05, 4.69) is 33.9 Å². The predicted molar refractivity (Wildman–Crippen MR) is 88.6 cm³/mol. The Balaban J connectivity index is 0.000000902. The fourth-order valence-corrected chi connectivity index (χ4v) is 2.58. The Kier molecular flexibility index (Phi) is 6.20. The maximum absolute atomic E-state index is 4.54. The summed E-state index contributed by atoms with van der Waals surface area (Å²) in [6.07, 6.45) is 1.87. The molecule has 3 nitrogen and oxygen atoms in total. The number of fused-ring (bicyclic) bond motifs is 1. The van der Waals surface area contributed by atoms with E-state index in [-0.39, 0.29) is 24.8 Å². The molecule has 0 spiro atoms. The topological polar surface area (TPSA) is 28.2 Å². The zero-order chi connectivity index (χ0) is 11.7. The van der Waals surface area contributed by atoms with Crippen LogP contribution in [0.1, 0.15) is 0 Å². The van der Waals surface area contributed by atoms with Crippen LogP contribution in [-0.4, -0.2) is 31.2 Å². The monoisotopic (exact) mass is 317 g/mol. The van der Waals surface area contributed by atoms with Crippen molar-refractivity contribution in [3.05, 3.63) is 30.5 Å². The summed E-state index contributed by atoms with van der Waals surface area (Å²) in [5.74, 6) is 1.08. The third-order valence-corrected chi connectivity index (χ3v) is 3.57. The van der Waals surface area contributed by atoms with Crippen molar-refractivity contribution in [3.8, 4) is 0 Å². The average Bonchev–Trinajstić information content (AvgIpc) is 2.40. The van der Waals surface area contributed by atoms with E-state index in [1.807, 2.05) is 24.4 Å². The van der Waals surface area contributed by atoms with Gasteiger partial charge in [0.15, 0.2) is 0 Å². The van der Waals surface area contributed by atoms with E-state index >= 15 is 0 Å². The van der Waals surface area contributed by atoms with Gasteiger partial charge in [0, 0.05) is 48.0 Å². The van der Waals surface area contributed by atoms with Gasteiger partial charge in [-0.25, -0.2) is 4.98 Å². The van der Waals surface area contributed by atoms with Crippen LogP contribution >= 0.6 is 37.4 Å². The third kappa shape index (κ3) is 3.26. The lowest BCUT2D eigenvalue weighted by Gasteiger charge is -2.29. The number of aromatic nitrogens is 1. The minimum Gasteiger partial charge on any atom is -0.354 e. The number of rotatable bonds is 1. The molecule has 0 bridgehead atoms. The number of nitrogens with one attached hydrogen (secondary N) is 1. The van der Waals surface area contributed by atoms with E-state index in [1.165, 1.54) is 10.8 Å². The molecule has 3 rings (SSSR count). The zero-order valence-electron chi connectivity index (χ0n) is 10.4. The van der Waals surface area contributed by atoms with Crippen LogP contribution < -0.4 is 10.2 Å². The first-order valence-electron chi connectivity index (χ1n) is 5.88. The van der Waals surface area contributed by atoms with Gasteiger partial charge in [0.05, 0.1) is 0 Å². The standard InChI is InChI=1S/C13H15N3S.2ClH/c17-12-3-1-2-11-10(12)4-5-15-13(11)16-8-6-14-7-9-16;;/h1-5,14,17H,6-9H2;2*1H. The van der Waals surface area contributed by atoms with Gasteiger partial charge in [-0.2, -0.15) is 0 Å². The summed E-state index contributed by atoms with van der Waals surface area (Å²) in [6.45, 7) is 4.09. The molecule has 0 amide bonds. The molecule has 6 heteroatoms. The minimum absolute atomic E-state index is 0. The van der Waals surface area contributed by atoms with Crippen LogP contribution in [0.2, 0.25) is 0 Å². The van der Waals surface area contributed by atoms with Gasteiger partial charge in [0.2, 0.25) is 0 Å². The Labute approximate surface area is 131 Å². The fourth-order valence-electron chi connectivity index (χ4n) is 2.30. The Morgan fingerprint density at radius 2 is 1.79 bits per heavy atom. The van der Waals surface area contributed by atoms with E-state index in [1.54, 1.807) is 0 Å². The molecule has 2 heterocycles. The molecular weight excluding hydrogens is 301 g/mol. The van der Waals surface area contributed by atoms with Crippen LogP contribution in [0.4, 0.5) is 5.82 Å². The number of halogens is 2. The van der Waals surface area contributed by atoms with Gasteiger partial charge in [0.25, 0.3) is 0 Å². The molecule has 1 N–H and O–H groups in total. The van der Waals surface area contributed by atoms with Crippen LogP contribution in [-0.2, 0) is 0 Å². The van der Waals surface area contributed by atoms with Gasteiger partial charge in [0.1, 0.15) is 5.82 Å². The summed E-state index contributed by atoms with van der Waals surface area (Å²) in [5.41, 5.74) is 0. The predicted octanol–water partition coefficient (Wildman–Crippen LogP) is 2.78. The molecule has 1 aliphatic heterocycles. The second-order valence-corrected chi connectivity index (χ2v) is 4.73. The van der Waals surface area contributed by atoms with Crippen LogP contribution in [0.5, 0.6) is 0 Å². The molecule has 0 unspecified atom stereocenters. The molecule has 0 atom stereocenters. The molecule has 0 aliphatic carbocycles. The molecular formula is C13H17Cl2N3S. The maximum Gasteiger partial charge on any atom is 0.136 e. The number of pyridine rings is 1. The number of benzene rings is 1. The summed E-state index contributed by atoms with van der Waals surface area (Å²) in [6, 6.07) is 8.22. The van der Waals surface area contributed by atoms with Crippen molar-refractivity contribution in [2.24, 2.45) is 0 Å². The second kappa shape index (κ2) is 7.20. The van der Waals surface area contributed by atoms with Crippen molar-refractivity contribution in [2.75, 3.05) is 31.1 Å². The first-order valence-corrected chi connectivity index (χ1v) is 6.33. The Morgan fingerprint density at radius 1 is 1.05 bits per heavy atom. The maximum atomic E-state index is 4.54. The highest BCUT2D eigenvalue weighted by molar-refractivity contribution is 7.80. The fraction of sp³-hybridized carbons (Fsp3) is 0.308. The smallest absolute Gasteiger partial charge is 0.136 e. The summed E-state index contributed by atoms with van der Waals surface area (Å²) < 4.78 is 0. The third-order valence-electron chi connectivity index (χ3n) is 3.18. The van der Waals surface area contributed by atoms with Crippen LogP contribution in [0.15, 0.2) is 35.4 Å². The van der Waals surface area contributed by atoms with Gasteiger partial charge in [-0.15, -0.1) is 37.4 Å². The first kappa shape index (κ1) is 16.4. The lowest BCUT2D eigenvalue weighted by atomic mass is 10.1. The highest BCUT2D eigenvalue weighted by Crippen LogP contribution is 2.28. The quantitative estimate of drug-likeness (QED) is 0.792. The number of thiol groups is 1. The number of hydrogen-bond donors (Lipinski definition) is 2. The van der Waals surface area contributed by atoms with E-state index in [0.717, 1.165) is 36.9 Å². The number of piperazine rings is 1. The van der Waals surface area contributed by atoms with Crippen molar-refractivity contribution in [1.82, 2.24) is 10.3 Å². The van der Waals surface area contributed by atoms with Gasteiger partial charge in [-0.05, 0) is 12.1 Å². The Morgan fingerprint density at radius 3 is 2.53 bits per heavy atom. The van der Waals surface area contributed by atoms with Crippen molar-refractivity contribution in [2.45, 2.75) is 4.90 Å². The molecule has 1 aromatic heterocycles. The lowest BCUT2D eigenvalue weighted by molar-refractivity contribution is 0.586. The van der Waals surface area contributed by atoms with Crippen molar-refractivity contribution < 1.29 is 0 Å². The van der Waals surface area contributed by atoms with Crippen molar-refractivity contribution in [1.29, 1.82) is 0 Å². The van der Waals surface area contributed by atoms with Gasteiger partial charge in [-0.3, -0.25) is 0 Å². The van der Waals surface area contributed by atoms with E-state index in [9.17, 15) is 0 Å². The van der Waals surface area contributed by atoms with E-state index in [4.69, 9.17) is 0 Å². The highest BCUT2D eigenvalue weighted by atomic mass is 35.5. The van der Waals surface area contributed by atoms with Crippen LogP contribution in [0.3, 0.4) is 0 Å². The molecule has 0 saturated carbocycles. The number of hydrogen-bond acceptors (Lipinski definition) is 4. The summed E-state index contributed by atoms with van der Waals surface area (Å²) in [7, 11) is 0. The van der Waals surface area contributed by atoms with Gasteiger partial charge < -0.3 is 10.2 Å². The Bertz CT molecular complexity index is 544. The second-order valence-electron chi connectivity index (χ2n) is 4.24. The van der Waals surface area contributed by atoms with Crippen molar-refractivity contribution >= 4 is 54.0 Å². The molecule has 2 aromatic rings. The summed E-state index contributed by atoms with van der Waals surface area (Å²) in [4.78, 5) is 7.89. The van der Waals surface area contributed by atoms with Crippen molar-refractivity contribution in [3.63, 3.8) is 0 Å². The molecule has 1 saturated heterocycles. The van der Waals surface area contributed by atoms with E-state index in [0.29, 0.717) is 0 Å². The summed E-state index contributed by atoms with van der Waals surface area (Å²) in [5, 5.41) is 5.74. The van der Waals surface area contributed by atoms with Crippen LogP contribution in [0.25, 0.3) is 10.8 Å². The normalized spacial score (nSPS) is 14.7. The SMILES string of the molecule is Cl.Cl.Sc1cccc2c(N3CCNCC3)nccc12. The largest absolute Gasteiger partial charge is 0.354 e. The molecule has 1 aliphatic rings. The minimum atomic E-state index is 0. The highest BCUT2D eigenvalue weighted by Gasteiger charge is 2.14. The molecule has 1 aromatic carbocycles. The molecule has 104 valence electrons. The summed E-state index contributed by atoms with van der Waals surface area (Å²) >= 11 is 4.50. The Hall–Kier alpha value is -0.680. The number of anilines is 1.